The molecule has 2 fully saturated rings. The fourth-order valence-electron chi connectivity index (χ4n) is 6.01. The number of piperidine rings is 1. The minimum Gasteiger partial charge on any atom is -0.490 e. The van der Waals surface area contributed by atoms with Gasteiger partial charge in [0.1, 0.15) is 17.5 Å². The average Bonchev–Trinajstić information content (AvgIpc) is 3.60. The quantitative estimate of drug-likeness (QED) is 0.216. The van der Waals surface area contributed by atoms with Gasteiger partial charge in [0.05, 0.1) is 15.9 Å². The molecule has 0 radical (unpaired) electrons. The van der Waals surface area contributed by atoms with E-state index in [2.05, 4.69) is 58.1 Å². The number of rotatable bonds is 8. The Labute approximate surface area is 247 Å². The molecule has 0 atom stereocenters. The fraction of sp³-hybridized carbons (Fsp3) is 0.515. The van der Waals surface area contributed by atoms with Gasteiger partial charge in [0, 0.05) is 57.3 Å². The SMILES string of the molecule is Cn1c(-c2ncc(C3CCC3)n2CCCc2cccc(OC3CCN(C(=O)OC(C)(C)C)CC3)c2)cc2sccc21. The zero-order valence-corrected chi connectivity index (χ0v) is 25.6. The first-order valence-electron chi connectivity index (χ1n) is 15.1. The van der Waals surface area contributed by atoms with Gasteiger partial charge in [-0.15, -0.1) is 11.3 Å². The highest BCUT2D eigenvalue weighted by Crippen LogP contribution is 2.39. The number of benzene rings is 1. The van der Waals surface area contributed by atoms with Gasteiger partial charge < -0.3 is 23.5 Å². The summed E-state index contributed by atoms with van der Waals surface area (Å²) in [5.74, 6) is 2.64. The van der Waals surface area contributed by atoms with Crippen molar-refractivity contribution in [3.05, 3.63) is 59.2 Å². The number of hydrogen-bond acceptors (Lipinski definition) is 5. The molecule has 0 unspecified atom stereocenters. The highest BCUT2D eigenvalue weighted by molar-refractivity contribution is 7.17. The number of aryl methyl sites for hydroxylation is 2. The van der Waals surface area contributed by atoms with Gasteiger partial charge in [-0.1, -0.05) is 18.6 Å². The minimum atomic E-state index is -0.471. The second-order valence-corrected chi connectivity index (χ2v) is 13.5. The van der Waals surface area contributed by atoms with Gasteiger partial charge in [-0.25, -0.2) is 9.78 Å². The van der Waals surface area contributed by atoms with Crippen molar-refractivity contribution >= 4 is 27.6 Å². The topological polar surface area (TPSA) is 61.5 Å². The van der Waals surface area contributed by atoms with Gasteiger partial charge >= 0.3 is 6.09 Å². The fourth-order valence-corrected chi connectivity index (χ4v) is 6.86. The number of thiophene rings is 1. The number of likely N-dealkylation sites (tertiary alicyclic amines) is 1. The molecule has 41 heavy (non-hydrogen) atoms. The number of ether oxygens (including phenoxy) is 2. The summed E-state index contributed by atoms with van der Waals surface area (Å²) in [5.41, 5.74) is 4.69. The van der Waals surface area contributed by atoms with Crippen molar-refractivity contribution in [1.82, 2.24) is 19.0 Å². The molecule has 1 saturated heterocycles. The van der Waals surface area contributed by atoms with Crippen molar-refractivity contribution in [3.8, 4) is 17.3 Å². The molecular formula is C33H42N4O3S. The molecule has 7 nitrogen and oxygen atoms in total. The van der Waals surface area contributed by atoms with E-state index in [1.807, 2.05) is 26.8 Å². The van der Waals surface area contributed by atoms with E-state index >= 15 is 0 Å². The Morgan fingerprint density at radius 3 is 2.61 bits per heavy atom. The molecule has 1 aliphatic carbocycles. The zero-order valence-electron chi connectivity index (χ0n) is 24.8. The lowest BCUT2D eigenvalue weighted by molar-refractivity contribution is 0.0126. The number of nitrogens with zero attached hydrogens (tertiary/aromatic N) is 4. The van der Waals surface area contributed by atoms with Crippen LogP contribution in [-0.2, 0) is 24.8 Å². The number of hydrogen-bond donors (Lipinski definition) is 0. The first-order chi connectivity index (χ1) is 19.7. The summed E-state index contributed by atoms with van der Waals surface area (Å²) in [5, 5.41) is 2.16. The predicted octanol–water partition coefficient (Wildman–Crippen LogP) is 7.78. The number of amides is 1. The molecule has 1 aliphatic heterocycles. The summed E-state index contributed by atoms with van der Waals surface area (Å²) in [4.78, 5) is 19.1. The smallest absolute Gasteiger partial charge is 0.410 e. The van der Waals surface area contributed by atoms with Crippen LogP contribution in [0.4, 0.5) is 4.79 Å². The van der Waals surface area contributed by atoms with Crippen molar-refractivity contribution < 1.29 is 14.3 Å². The molecular weight excluding hydrogens is 532 g/mol. The predicted molar refractivity (Wildman–Crippen MR) is 165 cm³/mol. The number of imidazole rings is 1. The van der Waals surface area contributed by atoms with Crippen LogP contribution >= 0.6 is 11.3 Å². The Hall–Kier alpha value is -3.26. The lowest BCUT2D eigenvalue weighted by Crippen LogP contribution is -2.44. The van der Waals surface area contributed by atoms with Crippen LogP contribution in [-0.4, -0.2) is 49.9 Å². The van der Waals surface area contributed by atoms with Gasteiger partial charge in [-0.2, -0.15) is 0 Å². The van der Waals surface area contributed by atoms with E-state index in [0.29, 0.717) is 19.0 Å². The van der Waals surface area contributed by atoms with Crippen LogP contribution in [0.15, 0.2) is 48.0 Å². The molecule has 8 heteroatoms. The van der Waals surface area contributed by atoms with Crippen molar-refractivity contribution in [3.63, 3.8) is 0 Å². The molecule has 1 aromatic carbocycles. The van der Waals surface area contributed by atoms with Crippen LogP contribution in [0.3, 0.4) is 0 Å². The molecule has 3 aromatic heterocycles. The highest BCUT2D eigenvalue weighted by atomic mass is 32.1. The van der Waals surface area contributed by atoms with Crippen molar-refractivity contribution in [2.75, 3.05) is 13.1 Å². The van der Waals surface area contributed by atoms with E-state index in [1.54, 1.807) is 16.2 Å². The van der Waals surface area contributed by atoms with Crippen molar-refractivity contribution in [1.29, 1.82) is 0 Å². The standard InChI is InChI=1S/C33H42N4O3S/c1-33(2,3)40-32(38)36-17-13-25(14-18-36)39-26-12-5-8-23(20-26)9-7-16-37-29(24-10-6-11-24)22-34-31(37)28-21-30-27(35(28)4)15-19-41-30/h5,8,12,15,19-22,24-25H,6-7,9-11,13-14,16-18H2,1-4H3. The summed E-state index contributed by atoms with van der Waals surface area (Å²) in [6, 6.07) is 13.0. The third-order valence-electron chi connectivity index (χ3n) is 8.44. The normalized spacial score (nSPS) is 16.7. The van der Waals surface area contributed by atoms with Crippen LogP contribution in [0.25, 0.3) is 21.7 Å². The Bertz CT molecular complexity index is 1500. The lowest BCUT2D eigenvalue weighted by Gasteiger charge is -2.33. The third-order valence-corrected chi connectivity index (χ3v) is 9.30. The van der Waals surface area contributed by atoms with E-state index in [1.165, 1.54) is 46.4 Å². The Balaban J connectivity index is 1.08. The first-order valence-corrected chi connectivity index (χ1v) is 16.0. The number of carbonyl (C=O) groups excluding carboxylic acids is 1. The van der Waals surface area contributed by atoms with Crippen LogP contribution in [0.2, 0.25) is 0 Å². The largest absolute Gasteiger partial charge is 0.490 e. The molecule has 218 valence electrons. The summed E-state index contributed by atoms with van der Waals surface area (Å²) >= 11 is 1.79. The summed E-state index contributed by atoms with van der Waals surface area (Å²) in [6.07, 6.45) is 9.51. The van der Waals surface area contributed by atoms with Gasteiger partial charge in [-0.3, -0.25) is 0 Å². The molecule has 0 bridgehead atoms. The molecule has 0 N–H and O–H groups in total. The first kappa shape index (κ1) is 27.9. The van der Waals surface area contributed by atoms with Crippen LogP contribution < -0.4 is 4.74 Å². The van der Waals surface area contributed by atoms with Crippen LogP contribution in [0.5, 0.6) is 5.75 Å². The Morgan fingerprint density at radius 2 is 1.90 bits per heavy atom. The lowest BCUT2D eigenvalue weighted by atomic mass is 9.83. The molecule has 4 aromatic rings. The van der Waals surface area contributed by atoms with Gasteiger partial charge in [-0.05, 0) is 81.7 Å². The van der Waals surface area contributed by atoms with E-state index in [4.69, 9.17) is 14.5 Å². The third kappa shape index (κ3) is 6.17. The van der Waals surface area contributed by atoms with Crippen molar-refractivity contribution in [2.45, 2.75) is 89.9 Å². The summed E-state index contributed by atoms with van der Waals surface area (Å²) in [6.45, 7) is 7.99. The van der Waals surface area contributed by atoms with Gasteiger partial charge in [0.25, 0.3) is 0 Å². The molecule has 1 saturated carbocycles. The highest BCUT2D eigenvalue weighted by Gasteiger charge is 2.28. The summed E-state index contributed by atoms with van der Waals surface area (Å²) < 4.78 is 18.0. The monoisotopic (exact) mass is 574 g/mol. The average molecular weight is 575 g/mol. The van der Waals surface area contributed by atoms with Gasteiger partial charge in [0.2, 0.25) is 0 Å². The van der Waals surface area contributed by atoms with Crippen LogP contribution in [0.1, 0.15) is 76.5 Å². The minimum absolute atomic E-state index is 0.113. The number of aromatic nitrogens is 3. The number of carbonyl (C=O) groups is 1. The molecule has 0 spiro atoms. The Morgan fingerprint density at radius 1 is 1.10 bits per heavy atom. The molecule has 1 amide bonds. The molecule has 6 rings (SSSR count). The summed E-state index contributed by atoms with van der Waals surface area (Å²) in [7, 11) is 2.15. The Kier molecular flexibility index (Phi) is 7.86. The maximum atomic E-state index is 12.4. The van der Waals surface area contributed by atoms with E-state index in [-0.39, 0.29) is 12.2 Å². The zero-order chi connectivity index (χ0) is 28.6. The van der Waals surface area contributed by atoms with Gasteiger partial charge in [0.15, 0.2) is 5.82 Å². The maximum absolute atomic E-state index is 12.4. The van der Waals surface area contributed by atoms with E-state index in [0.717, 1.165) is 43.8 Å². The molecule has 2 aliphatic rings. The van der Waals surface area contributed by atoms with E-state index < -0.39 is 5.60 Å². The van der Waals surface area contributed by atoms with Crippen LogP contribution in [0, 0.1) is 0 Å². The second kappa shape index (κ2) is 11.6. The molecule has 4 heterocycles. The van der Waals surface area contributed by atoms with E-state index in [9.17, 15) is 4.79 Å². The second-order valence-electron chi connectivity index (χ2n) is 12.6. The van der Waals surface area contributed by atoms with Crippen molar-refractivity contribution in [2.24, 2.45) is 7.05 Å². The number of fused-ring (bicyclic) bond motifs is 1. The maximum Gasteiger partial charge on any atom is 0.410 e.